The van der Waals surface area contributed by atoms with Gasteiger partial charge in [-0.05, 0) is 30.7 Å². The molecule has 4 nitrogen and oxygen atoms in total. The summed E-state index contributed by atoms with van der Waals surface area (Å²) in [5, 5.41) is 13.0. The zero-order valence-electron chi connectivity index (χ0n) is 12.4. The Hall–Kier alpha value is -2.20. The third-order valence-corrected chi connectivity index (χ3v) is 3.16. The van der Waals surface area contributed by atoms with Gasteiger partial charge in [0.15, 0.2) is 11.5 Å². The summed E-state index contributed by atoms with van der Waals surface area (Å²) < 4.78 is 10.7. The van der Waals surface area contributed by atoms with Crippen LogP contribution in [0.2, 0.25) is 0 Å². The zero-order valence-corrected chi connectivity index (χ0v) is 12.4. The molecule has 2 rings (SSSR count). The Morgan fingerprint density at radius 3 is 2.62 bits per heavy atom. The van der Waals surface area contributed by atoms with Crippen LogP contribution in [-0.4, -0.2) is 18.8 Å². The molecule has 0 unspecified atom stereocenters. The number of hydrogen-bond acceptors (Lipinski definition) is 4. The molecule has 2 aromatic rings. The summed E-state index contributed by atoms with van der Waals surface area (Å²) >= 11 is 0. The van der Waals surface area contributed by atoms with Crippen molar-refractivity contribution in [2.24, 2.45) is 0 Å². The molecular formula is C17H21NO3. The number of aromatic hydroxyl groups is 1. The Bertz CT molecular complexity index is 584. The number of phenols is 1. The minimum Gasteiger partial charge on any atom is -0.504 e. The smallest absolute Gasteiger partial charge is 0.161 e. The molecule has 0 saturated carbocycles. The predicted molar refractivity (Wildman–Crippen MR) is 82.8 cm³/mol. The molecule has 21 heavy (non-hydrogen) atoms. The van der Waals surface area contributed by atoms with Crippen LogP contribution >= 0.6 is 0 Å². The van der Waals surface area contributed by atoms with Gasteiger partial charge in [-0.15, -0.1) is 0 Å². The summed E-state index contributed by atoms with van der Waals surface area (Å²) in [6, 6.07) is 13.3. The zero-order chi connectivity index (χ0) is 15.1. The minimum atomic E-state index is 0.172. The summed E-state index contributed by atoms with van der Waals surface area (Å²) in [6.45, 7) is 3.84. The van der Waals surface area contributed by atoms with Crippen LogP contribution in [0.3, 0.4) is 0 Å². The number of rotatable bonds is 7. The first kappa shape index (κ1) is 15.2. The number of nitrogens with one attached hydrogen (secondary N) is 1. The van der Waals surface area contributed by atoms with Crippen LogP contribution in [-0.2, 0) is 13.1 Å². The van der Waals surface area contributed by atoms with E-state index in [-0.39, 0.29) is 5.75 Å². The Morgan fingerprint density at radius 2 is 1.86 bits per heavy atom. The minimum absolute atomic E-state index is 0.172. The van der Waals surface area contributed by atoms with Gasteiger partial charge < -0.3 is 19.9 Å². The van der Waals surface area contributed by atoms with Crippen LogP contribution in [0, 0.1) is 0 Å². The van der Waals surface area contributed by atoms with Crippen LogP contribution in [0.1, 0.15) is 18.1 Å². The lowest BCUT2D eigenvalue weighted by Crippen LogP contribution is -2.13. The Morgan fingerprint density at radius 1 is 1.05 bits per heavy atom. The van der Waals surface area contributed by atoms with Gasteiger partial charge in [0.1, 0.15) is 5.75 Å². The molecule has 0 fully saturated rings. The molecule has 0 radical (unpaired) electrons. The number of benzene rings is 2. The molecule has 0 heterocycles. The fourth-order valence-corrected chi connectivity index (χ4v) is 2.13. The van der Waals surface area contributed by atoms with E-state index in [1.807, 2.05) is 43.3 Å². The van der Waals surface area contributed by atoms with Crippen molar-refractivity contribution in [1.82, 2.24) is 5.32 Å². The maximum atomic E-state index is 9.68. The normalized spacial score (nSPS) is 10.4. The molecule has 4 heteroatoms. The Kier molecular flexibility index (Phi) is 5.46. The Balaban J connectivity index is 1.95. The van der Waals surface area contributed by atoms with Crippen LogP contribution in [0.15, 0.2) is 42.5 Å². The first-order valence-electron chi connectivity index (χ1n) is 7.02. The van der Waals surface area contributed by atoms with Crippen LogP contribution in [0.25, 0.3) is 0 Å². The standard InChI is InChI=1S/C17H21NO3/c1-3-21-17-10-13(8-9-15(17)19)11-18-12-14-6-4-5-7-16(14)20-2/h4-10,18-19H,3,11-12H2,1-2H3. The summed E-state index contributed by atoms with van der Waals surface area (Å²) in [5.74, 6) is 1.57. The fourth-order valence-electron chi connectivity index (χ4n) is 2.13. The van der Waals surface area contributed by atoms with Gasteiger partial charge in [-0.2, -0.15) is 0 Å². The maximum Gasteiger partial charge on any atom is 0.161 e. The molecule has 0 amide bonds. The molecule has 0 bridgehead atoms. The van der Waals surface area contributed by atoms with E-state index in [1.54, 1.807) is 13.2 Å². The van der Waals surface area contributed by atoms with Crippen molar-refractivity contribution in [3.05, 3.63) is 53.6 Å². The summed E-state index contributed by atoms with van der Waals surface area (Å²) in [5.41, 5.74) is 2.18. The molecule has 112 valence electrons. The molecule has 0 aliphatic rings. The van der Waals surface area contributed by atoms with Crippen molar-refractivity contribution in [3.63, 3.8) is 0 Å². The molecular weight excluding hydrogens is 266 g/mol. The van der Waals surface area contributed by atoms with E-state index in [2.05, 4.69) is 5.32 Å². The topological polar surface area (TPSA) is 50.7 Å². The van der Waals surface area contributed by atoms with Gasteiger partial charge in [0.25, 0.3) is 0 Å². The van der Waals surface area contributed by atoms with Gasteiger partial charge in [-0.1, -0.05) is 24.3 Å². The average Bonchev–Trinajstić information content (AvgIpc) is 2.51. The first-order chi connectivity index (χ1) is 10.2. The highest BCUT2D eigenvalue weighted by Crippen LogP contribution is 2.26. The maximum absolute atomic E-state index is 9.68. The highest BCUT2D eigenvalue weighted by Gasteiger charge is 2.04. The van der Waals surface area contributed by atoms with E-state index in [0.29, 0.717) is 18.9 Å². The van der Waals surface area contributed by atoms with E-state index in [0.717, 1.165) is 23.4 Å². The molecule has 0 spiro atoms. The van der Waals surface area contributed by atoms with E-state index < -0.39 is 0 Å². The molecule has 0 saturated heterocycles. The average molecular weight is 287 g/mol. The van der Waals surface area contributed by atoms with Gasteiger partial charge in [0.2, 0.25) is 0 Å². The number of ether oxygens (including phenoxy) is 2. The van der Waals surface area contributed by atoms with Crippen molar-refractivity contribution in [2.75, 3.05) is 13.7 Å². The van der Waals surface area contributed by atoms with Crippen molar-refractivity contribution < 1.29 is 14.6 Å². The van der Waals surface area contributed by atoms with E-state index in [9.17, 15) is 5.11 Å². The van der Waals surface area contributed by atoms with E-state index in [1.165, 1.54) is 0 Å². The van der Waals surface area contributed by atoms with Gasteiger partial charge in [-0.25, -0.2) is 0 Å². The lowest BCUT2D eigenvalue weighted by molar-refractivity contribution is 0.317. The van der Waals surface area contributed by atoms with Crippen molar-refractivity contribution in [1.29, 1.82) is 0 Å². The van der Waals surface area contributed by atoms with Crippen LogP contribution < -0.4 is 14.8 Å². The lowest BCUT2D eigenvalue weighted by Gasteiger charge is -2.11. The quantitative estimate of drug-likeness (QED) is 0.821. The number of phenolic OH excluding ortho intramolecular Hbond substituents is 1. The number of hydrogen-bond donors (Lipinski definition) is 2. The van der Waals surface area contributed by atoms with E-state index >= 15 is 0 Å². The van der Waals surface area contributed by atoms with Crippen molar-refractivity contribution in [2.45, 2.75) is 20.0 Å². The highest BCUT2D eigenvalue weighted by atomic mass is 16.5. The van der Waals surface area contributed by atoms with Gasteiger partial charge in [-0.3, -0.25) is 0 Å². The third kappa shape index (κ3) is 4.13. The summed E-state index contributed by atoms with van der Waals surface area (Å²) in [4.78, 5) is 0. The van der Waals surface area contributed by atoms with E-state index in [4.69, 9.17) is 9.47 Å². The second kappa shape index (κ2) is 7.55. The molecule has 2 aromatic carbocycles. The van der Waals surface area contributed by atoms with Gasteiger partial charge in [0, 0.05) is 18.7 Å². The third-order valence-electron chi connectivity index (χ3n) is 3.16. The second-order valence-electron chi connectivity index (χ2n) is 4.65. The molecule has 2 N–H and O–H groups in total. The number of methoxy groups -OCH3 is 1. The predicted octanol–water partition coefficient (Wildman–Crippen LogP) is 3.09. The fraction of sp³-hybridized carbons (Fsp3) is 0.294. The second-order valence-corrected chi connectivity index (χ2v) is 4.65. The van der Waals surface area contributed by atoms with Crippen molar-refractivity contribution >= 4 is 0 Å². The molecule has 0 aliphatic carbocycles. The highest BCUT2D eigenvalue weighted by molar-refractivity contribution is 5.41. The van der Waals surface area contributed by atoms with Gasteiger partial charge in [0.05, 0.1) is 13.7 Å². The monoisotopic (exact) mass is 287 g/mol. The Labute approximate surface area is 125 Å². The number of para-hydroxylation sites is 1. The first-order valence-corrected chi connectivity index (χ1v) is 7.02. The van der Waals surface area contributed by atoms with Gasteiger partial charge >= 0.3 is 0 Å². The SMILES string of the molecule is CCOc1cc(CNCc2ccccc2OC)ccc1O. The van der Waals surface area contributed by atoms with Crippen LogP contribution in [0.5, 0.6) is 17.2 Å². The summed E-state index contributed by atoms with van der Waals surface area (Å²) in [6.07, 6.45) is 0. The van der Waals surface area contributed by atoms with Crippen LogP contribution in [0.4, 0.5) is 0 Å². The van der Waals surface area contributed by atoms with Crippen molar-refractivity contribution in [3.8, 4) is 17.2 Å². The summed E-state index contributed by atoms with van der Waals surface area (Å²) in [7, 11) is 1.67. The molecule has 0 aliphatic heterocycles. The molecule has 0 aromatic heterocycles. The largest absolute Gasteiger partial charge is 0.504 e. The lowest BCUT2D eigenvalue weighted by atomic mass is 10.1. The molecule has 0 atom stereocenters.